The van der Waals surface area contributed by atoms with Crippen molar-refractivity contribution in [3.8, 4) is 22.4 Å². The average Bonchev–Trinajstić information content (AvgIpc) is 3.14. The Bertz CT molecular complexity index is 1210. The first-order chi connectivity index (χ1) is 14.5. The molecule has 0 fully saturated rings. The molecule has 4 rings (SSSR count). The lowest BCUT2D eigenvalue weighted by molar-refractivity contribution is -0.116. The van der Waals surface area contributed by atoms with Crippen LogP contribution in [0.1, 0.15) is 6.92 Å². The van der Waals surface area contributed by atoms with E-state index in [0.717, 1.165) is 4.90 Å². The number of anilines is 2. The third-order valence-corrected chi connectivity index (χ3v) is 4.83. The predicted molar refractivity (Wildman–Crippen MR) is 114 cm³/mol. The number of aromatic nitrogens is 2. The lowest BCUT2D eigenvalue weighted by Gasteiger charge is -2.20. The molecule has 0 spiro atoms. The minimum absolute atomic E-state index is 0.0483. The first kappa shape index (κ1) is 20.1. The fourth-order valence-electron chi connectivity index (χ4n) is 3.16. The van der Waals surface area contributed by atoms with E-state index in [9.17, 15) is 9.18 Å². The van der Waals surface area contributed by atoms with Gasteiger partial charge in [0.25, 0.3) is 0 Å². The van der Waals surface area contributed by atoms with Crippen molar-refractivity contribution in [2.24, 2.45) is 0 Å². The van der Waals surface area contributed by atoms with Gasteiger partial charge >= 0.3 is 0 Å². The van der Waals surface area contributed by atoms with E-state index >= 15 is 0 Å². The van der Waals surface area contributed by atoms with Crippen LogP contribution in [0.15, 0.2) is 71.5 Å². The third-order valence-electron chi connectivity index (χ3n) is 4.39. The van der Waals surface area contributed by atoms with Gasteiger partial charge in [0.1, 0.15) is 11.5 Å². The van der Waals surface area contributed by atoms with Gasteiger partial charge in [0, 0.05) is 34.9 Å². The average molecular weight is 442 g/mol. The Balaban J connectivity index is 2.00. The van der Waals surface area contributed by atoms with E-state index in [1.165, 1.54) is 19.1 Å². The number of hydrogen-bond acceptors (Lipinski definition) is 4. The van der Waals surface area contributed by atoms with Gasteiger partial charge in [0.05, 0.1) is 11.3 Å². The van der Waals surface area contributed by atoms with Crippen molar-refractivity contribution in [1.29, 1.82) is 0 Å². The number of pyridine rings is 1. The first-order valence-corrected chi connectivity index (χ1v) is 9.63. The molecule has 0 aliphatic carbocycles. The summed E-state index contributed by atoms with van der Waals surface area (Å²) in [6, 6.07) is 14.4. The van der Waals surface area contributed by atoms with Crippen molar-refractivity contribution in [1.82, 2.24) is 10.1 Å². The van der Waals surface area contributed by atoms with Crippen LogP contribution in [0.3, 0.4) is 0 Å². The van der Waals surface area contributed by atoms with Crippen molar-refractivity contribution in [3.63, 3.8) is 0 Å². The molecule has 0 bridgehead atoms. The molecule has 30 heavy (non-hydrogen) atoms. The highest BCUT2D eigenvalue weighted by molar-refractivity contribution is 6.35. The van der Waals surface area contributed by atoms with Gasteiger partial charge in [0.2, 0.25) is 11.8 Å². The van der Waals surface area contributed by atoms with E-state index in [1.54, 1.807) is 54.9 Å². The van der Waals surface area contributed by atoms with Gasteiger partial charge in [-0.05, 0) is 48.0 Å². The monoisotopic (exact) mass is 441 g/mol. The molecule has 8 heteroatoms. The lowest BCUT2D eigenvalue weighted by atomic mass is 10.0. The predicted octanol–water partition coefficient (Wildman–Crippen LogP) is 6.53. The molecule has 0 saturated heterocycles. The molecule has 0 aliphatic heterocycles. The topological polar surface area (TPSA) is 59.2 Å². The second-order valence-corrected chi connectivity index (χ2v) is 7.28. The maximum Gasteiger partial charge on any atom is 0.247 e. The quantitative estimate of drug-likeness (QED) is 0.360. The molecule has 0 saturated carbocycles. The van der Waals surface area contributed by atoms with Crippen LogP contribution < -0.4 is 4.90 Å². The van der Waals surface area contributed by atoms with Crippen LogP contribution >= 0.6 is 23.2 Å². The number of carbonyl (C=O) groups is 1. The molecule has 5 nitrogen and oxygen atoms in total. The van der Waals surface area contributed by atoms with E-state index in [0.29, 0.717) is 32.4 Å². The summed E-state index contributed by atoms with van der Waals surface area (Å²) in [4.78, 5) is 17.7. The summed E-state index contributed by atoms with van der Waals surface area (Å²) in [6.07, 6.45) is 3.20. The van der Waals surface area contributed by atoms with Gasteiger partial charge < -0.3 is 4.52 Å². The number of benzene rings is 2. The Morgan fingerprint density at radius 2 is 1.67 bits per heavy atom. The van der Waals surface area contributed by atoms with Crippen molar-refractivity contribution in [2.45, 2.75) is 6.92 Å². The molecule has 1 amide bonds. The molecule has 0 atom stereocenters. The molecule has 150 valence electrons. The van der Waals surface area contributed by atoms with Gasteiger partial charge in [-0.1, -0.05) is 40.5 Å². The Labute approximate surface area is 181 Å². The van der Waals surface area contributed by atoms with Gasteiger partial charge in [0.15, 0.2) is 0 Å². The molecular weight excluding hydrogens is 428 g/mol. The van der Waals surface area contributed by atoms with E-state index in [1.807, 2.05) is 0 Å². The van der Waals surface area contributed by atoms with Crippen LogP contribution in [0, 0.1) is 5.82 Å². The summed E-state index contributed by atoms with van der Waals surface area (Å²) in [5, 5.41) is 5.01. The number of amides is 1. The normalized spacial score (nSPS) is 10.8. The third kappa shape index (κ3) is 3.79. The summed E-state index contributed by atoms with van der Waals surface area (Å²) in [7, 11) is 0. The minimum atomic E-state index is -0.572. The van der Waals surface area contributed by atoms with E-state index in [4.69, 9.17) is 27.7 Å². The molecule has 0 aliphatic rings. The number of halogens is 3. The first-order valence-electron chi connectivity index (χ1n) is 8.87. The van der Waals surface area contributed by atoms with Crippen molar-refractivity contribution in [3.05, 3.63) is 82.9 Å². The van der Waals surface area contributed by atoms with Crippen molar-refractivity contribution >= 4 is 40.7 Å². The van der Waals surface area contributed by atoms with Crippen molar-refractivity contribution < 1.29 is 13.7 Å². The fraction of sp³-hybridized carbons (Fsp3) is 0.0455. The Morgan fingerprint density at radius 3 is 2.30 bits per heavy atom. The highest BCUT2D eigenvalue weighted by Gasteiger charge is 2.29. The number of para-hydroxylation sites is 1. The maximum atomic E-state index is 14.6. The molecule has 0 unspecified atom stereocenters. The summed E-state index contributed by atoms with van der Waals surface area (Å²) in [5.74, 6) is -0.941. The highest BCUT2D eigenvalue weighted by Crippen LogP contribution is 2.43. The highest BCUT2D eigenvalue weighted by atomic mass is 35.5. The smallest absolute Gasteiger partial charge is 0.247 e. The van der Waals surface area contributed by atoms with E-state index in [-0.39, 0.29) is 11.6 Å². The zero-order valence-electron chi connectivity index (χ0n) is 15.6. The standard InChI is InChI=1S/C22H14Cl2FN3O2/c1-13(29)28(19-5-3-2-4-18(19)25)22-20(14-6-8-26-9-7-14)21(27-30-22)15-10-16(23)12-17(24)11-15/h2-12H,1H3. The second kappa shape index (κ2) is 8.26. The number of rotatable bonds is 4. The minimum Gasteiger partial charge on any atom is -0.336 e. The molecule has 0 N–H and O–H groups in total. The molecular formula is C22H14Cl2FN3O2. The zero-order valence-corrected chi connectivity index (χ0v) is 17.2. The second-order valence-electron chi connectivity index (χ2n) is 6.41. The summed E-state index contributed by atoms with van der Waals surface area (Å²) in [5.41, 5.74) is 2.20. The van der Waals surface area contributed by atoms with Crippen LogP contribution in [0.2, 0.25) is 10.0 Å². The molecule has 0 radical (unpaired) electrons. The van der Waals surface area contributed by atoms with Gasteiger partial charge in [-0.15, -0.1) is 0 Å². The van der Waals surface area contributed by atoms with Crippen LogP contribution in [0.5, 0.6) is 0 Å². The van der Waals surface area contributed by atoms with Crippen molar-refractivity contribution in [2.75, 3.05) is 4.90 Å². The van der Waals surface area contributed by atoms with E-state index < -0.39 is 11.7 Å². The van der Waals surface area contributed by atoms with Gasteiger partial charge in [-0.25, -0.2) is 9.29 Å². The summed E-state index contributed by atoms with van der Waals surface area (Å²) >= 11 is 12.3. The number of carbonyl (C=O) groups excluding carboxylic acids is 1. The fourth-order valence-corrected chi connectivity index (χ4v) is 3.68. The van der Waals surface area contributed by atoms with Crippen LogP contribution in [0.25, 0.3) is 22.4 Å². The largest absolute Gasteiger partial charge is 0.336 e. The van der Waals surface area contributed by atoms with Crippen LogP contribution in [0.4, 0.5) is 16.0 Å². The van der Waals surface area contributed by atoms with Gasteiger partial charge in [-0.2, -0.15) is 0 Å². The maximum absolute atomic E-state index is 14.6. The van der Waals surface area contributed by atoms with Crippen LogP contribution in [-0.4, -0.2) is 16.0 Å². The Kier molecular flexibility index (Phi) is 5.53. The Morgan fingerprint density at radius 1 is 1.00 bits per heavy atom. The number of nitrogens with zero attached hydrogens (tertiary/aromatic N) is 3. The lowest BCUT2D eigenvalue weighted by Crippen LogP contribution is -2.23. The molecule has 2 heterocycles. The van der Waals surface area contributed by atoms with E-state index in [2.05, 4.69) is 10.1 Å². The zero-order chi connectivity index (χ0) is 21.3. The number of hydrogen-bond donors (Lipinski definition) is 0. The summed E-state index contributed by atoms with van der Waals surface area (Å²) < 4.78 is 20.2. The summed E-state index contributed by atoms with van der Waals surface area (Å²) in [6.45, 7) is 1.32. The molecule has 4 aromatic rings. The SMILES string of the molecule is CC(=O)N(c1ccccc1F)c1onc(-c2cc(Cl)cc(Cl)c2)c1-c1ccncc1. The van der Waals surface area contributed by atoms with Gasteiger partial charge in [-0.3, -0.25) is 9.78 Å². The van der Waals surface area contributed by atoms with Crippen LogP contribution in [-0.2, 0) is 4.79 Å². The Hall–Kier alpha value is -3.22. The molecule has 2 aromatic heterocycles. The molecule has 2 aromatic carbocycles.